The average Bonchev–Trinajstić information content (AvgIpc) is 2.51. The topological polar surface area (TPSA) is 44.4 Å². The molecule has 0 saturated carbocycles. The van der Waals surface area contributed by atoms with Crippen molar-refractivity contribution in [3.05, 3.63) is 24.3 Å². The van der Waals surface area contributed by atoms with E-state index in [9.17, 15) is 4.79 Å². The first kappa shape index (κ1) is 12.7. The molecule has 18 heavy (non-hydrogen) atoms. The van der Waals surface area contributed by atoms with Crippen LogP contribution in [-0.2, 0) is 4.79 Å². The minimum Gasteiger partial charge on any atom is -0.383 e. The summed E-state index contributed by atoms with van der Waals surface area (Å²) in [5.74, 6) is 0.0849. The van der Waals surface area contributed by atoms with E-state index < -0.39 is 0 Å². The Bertz CT molecular complexity index is 417. The molecule has 0 radical (unpaired) electrons. The van der Waals surface area contributed by atoms with Gasteiger partial charge in [-0.1, -0.05) is 12.1 Å². The Morgan fingerprint density at radius 2 is 2.22 bits per heavy atom. The highest BCUT2D eigenvalue weighted by Gasteiger charge is 2.17. The van der Waals surface area contributed by atoms with Crippen LogP contribution in [0.5, 0.6) is 0 Å². The SMILES string of the molecule is CC(C)NC(=O)CN1CCCNc2ccccc21. The van der Waals surface area contributed by atoms with E-state index in [0.29, 0.717) is 6.54 Å². The largest absolute Gasteiger partial charge is 0.383 e. The van der Waals surface area contributed by atoms with E-state index in [2.05, 4.69) is 27.7 Å². The molecule has 1 amide bonds. The van der Waals surface area contributed by atoms with Crippen molar-refractivity contribution in [1.82, 2.24) is 5.32 Å². The van der Waals surface area contributed by atoms with Crippen molar-refractivity contribution in [2.24, 2.45) is 0 Å². The maximum absolute atomic E-state index is 11.9. The molecule has 4 nitrogen and oxygen atoms in total. The molecule has 2 rings (SSSR count). The summed E-state index contributed by atoms with van der Waals surface area (Å²) in [6.45, 7) is 6.26. The van der Waals surface area contributed by atoms with Gasteiger partial charge in [0.2, 0.25) is 5.91 Å². The lowest BCUT2D eigenvalue weighted by atomic mass is 10.2. The average molecular weight is 247 g/mol. The third kappa shape index (κ3) is 3.15. The van der Waals surface area contributed by atoms with Gasteiger partial charge in [-0.3, -0.25) is 4.79 Å². The number of anilines is 2. The summed E-state index contributed by atoms with van der Waals surface area (Å²) in [6, 6.07) is 8.35. The second kappa shape index (κ2) is 5.76. The smallest absolute Gasteiger partial charge is 0.239 e. The van der Waals surface area contributed by atoms with Crippen molar-refractivity contribution in [2.75, 3.05) is 29.9 Å². The predicted octanol–water partition coefficient (Wildman–Crippen LogP) is 1.83. The van der Waals surface area contributed by atoms with Gasteiger partial charge in [0.05, 0.1) is 17.9 Å². The second-order valence-corrected chi connectivity index (χ2v) is 4.94. The Labute approximate surface area is 108 Å². The third-order valence-corrected chi connectivity index (χ3v) is 2.95. The van der Waals surface area contributed by atoms with Crippen molar-refractivity contribution in [3.63, 3.8) is 0 Å². The first-order valence-corrected chi connectivity index (χ1v) is 6.54. The molecule has 0 atom stereocenters. The van der Waals surface area contributed by atoms with E-state index in [0.717, 1.165) is 30.9 Å². The maximum Gasteiger partial charge on any atom is 0.239 e. The standard InChI is InChI=1S/C14H21N3O/c1-11(2)16-14(18)10-17-9-5-8-15-12-6-3-4-7-13(12)17/h3-4,6-7,11,15H,5,8-10H2,1-2H3,(H,16,18). The zero-order chi connectivity index (χ0) is 13.0. The Morgan fingerprint density at radius 3 is 3.00 bits per heavy atom. The van der Waals surface area contributed by atoms with Crippen molar-refractivity contribution >= 4 is 17.3 Å². The van der Waals surface area contributed by atoms with Gasteiger partial charge in [-0.2, -0.15) is 0 Å². The Kier molecular flexibility index (Phi) is 4.07. The fraction of sp³-hybridized carbons (Fsp3) is 0.500. The van der Waals surface area contributed by atoms with Crippen LogP contribution < -0.4 is 15.5 Å². The number of carbonyl (C=O) groups is 1. The van der Waals surface area contributed by atoms with Gasteiger partial charge < -0.3 is 15.5 Å². The van der Waals surface area contributed by atoms with E-state index in [-0.39, 0.29) is 11.9 Å². The number of benzene rings is 1. The fourth-order valence-electron chi connectivity index (χ4n) is 2.22. The van der Waals surface area contributed by atoms with Crippen LogP contribution >= 0.6 is 0 Å². The molecule has 0 unspecified atom stereocenters. The summed E-state index contributed by atoms with van der Waals surface area (Å²) < 4.78 is 0. The normalized spacial score (nSPS) is 14.7. The quantitative estimate of drug-likeness (QED) is 0.856. The van der Waals surface area contributed by atoms with Gasteiger partial charge in [-0.05, 0) is 32.4 Å². The number of amides is 1. The van der Waals surface area contributed by atoms with Crippen LogP contribution in [0.25, 0.3) is 0 Å². The predicted molar refractivity (Wildman–Crippen MR) is 75.0 cm³/mol. The highest BCUT2D eigenvalue weighted by molar-refractivity contribution is 5.83. The van der Waals surface area contributed by atoms with Crippen LogP contribution in [0.15, 0.2) is 24.3 Å². The molecule has 1 heterocycles. The Balaban J connectivity index is 2.10. The Hall–Kier alpha value is -1.71. The number of hydrogen-bond acceptors (Lipinski definition) is 3. The summed E-state index contributed by atoms with van der Waals surface area (Å²) in [5, 5.41) is 6.34. The van der Waals surface area contributed by atoms with E-state index in [1.807, 2.05) is 26.0 Å². The molecule has 1 aromatic rings. The minimum absolute atomic E-state index is 0.0849. The highest BCUT2D eigenvalue weighted by Crippen LogP contribution is 2.27. The van der Waals surface area contributed by atoms with E-state index >= 15 is 0 Å². The van der Waals surface area contributed by atoms with Gasteiger partial charge in [-0.25, -0.2) is 0 Å². The van der Waals surface area contributed by atoms with E-state index in [1.54, 1.807) is 0 Å². The molecule has 0 aliphatic carbocycles. The van der Waals surface area contributed by atoms with Gasteiger partial charge in [0.15, 0.2) is 0 Å². The van der Waals surface area contributed by atoms with Crippen LogP contribution in [0.3, 0.4) is 0 Å². The molecule has 0 spiro atoms. The van der Waals surface area contributed by atoms with Crippen LogP contribution in [0.2, 0.25) is 0 Å². The summed E-state index contributed by atoms with van der Waals surface area (Å²) in [4.78, 5) is 14.0. The number of para-hydroxylation sites is 2. The molecule has 0 saturated heterocycles. The van der Waals surface area contributed by atoms with Gasteiger partial charge in [0.1, 0.15) is 0 Å². The first-order valence-electron chi connectivity index (χ1n) is 6.54. The summed E-state index contributed by atoms with van der Waals surface area (Å²) >= 11 is 0. The minimum atomic E-state index is 0.0849. The second-order valence-electron chi connectivity index (χ2n) is 4.94. The van der Waals surface area contributed by atoms with Crippen LogP contribution in [0.1, 0.15) is 20.3 Å². The van der Waals surface area contributed by atoms with Crippen molar-refractivity contribution in [1.29, 1.82) is 0 Å². The third-order valence-electron chi connectivity index (χ3n) is 2.95. The molecular weight excluding hydrogens is 226 g/mol. The monoisotopic (exact) mass is 247 g/mol. The maximum atomic E-state index is 11.9. The summed E-state index contributed by atoms with van der Waals surface area (Å²) in [6.07, 6.45) is 1.05. The number of fused-ring (bicyclic) bond motifs is 1. The lowest BCUT2D eigenvalue weighted by Gasteiger charge is -2.24. The lowest BCUT2D eigenvalue weighted by Crippen LogP contribution is -2.40. The first-order chi connectivity index (χ1) is 8.66. The molecule has 1 aliphatic rings. The molecular formula is C14H21N3O. The number of nitrogens with one attached hydrogen (secondary N) is 2. The van der Waals surface area contributed by atoms with Gasteiger partial charge in [0.25, 0.3) is 0 Å². The zero-order valence-corrected chi connectivity index (χ0v) is 11.1. The molecule has 1 aliphatic heterocycles. The summed E-state index contributed by atoms with van der Waals surface area (Å²) in [7, 11) is 0. The molecule has 0 bridgehead atoms. The van der Waals surface area contributed by atoms with Gasteiger partial charge in [0, 0.05) is 19.1 Å². The van der Waals surface area contributed by atoms with Crippen molar-refractivity contribution in [2.45, 2.75) is 26.3 Å². The molecule has 1 aromatic carbocycles. The van der Waals surface area contributed by atoms with Crippen LogP contribution in [-0.4, -0.2) is 31.6 Å². The number of rotatable bonds is 3. The van der Waals surface area contributed by atoms with Crippen LogP contribution in [0.4, 0.5) is 11.4 Å². The highest BCUT2D eigenvalue weighted by atomic mass is 16.2. The lowest BCUT2D eigenvalue weighted by molar-refractivity contribution is -0.120. The molecule has 98 valence electrons. The van der Waals surface area contributed by atoms with Gasteiger partial charge in [-0.15, -0.1) is 0 Å². The van der Waals surface area contributed by atoms with E-state index in [1.165, 1.54) is 0 Å². The fourth-order valence-corrected chi connectivity index (χ4v) is 2.22. The van der Waals surface area contributed by atoms with Gasteiger partial charge >= 0.3 is 0 Å². The van der Waals surface area contributed by atoms with Crippen molar-refractivity contribution < 1.29 is 4.79 Å². The van der Waals surface area contributed by atoms with E-state index in [4.69, 9.17) is 0 Å². The molecule has 2 N–H and O–H groups in total. The molecule has 0 fully saturated rings. The zero-order valence-electron chi connectivity index (χ0n) is 11.1. The molecule has 4 heteroatoms. The van der Waals surface area contributed by atoms with Crippen molar-refractivity contribution in [3.8, 4) is 0 Å². The number of nitrogens with zero attached hydrogens (tertiary/aromatic N) is 1. The summed E-state index contributed by atoms with van der Waals surface area (Å²) in [5.41, 5.74) is 2.24. The van der Waals surface area contributed by atoms with Crippen LogP contribution in [0, 0.1) is 0 Å². The number of hydrogen-bond donors (Lipinski definition) is 2. The number of carbonyl (C=O) groups excluding carboxylic acids is 1. The molecule has 0 aromatic heterocycles. The Morgan fingerprint density at radius 1 is 1.44 bits per heavy atom.